The Morgan fingerprint density at radius 1 is 0.714 bits per heavy atom. The summed E-state index contributed by atoms with van der Waals surface area (Å²) >= 11 is 0. The van der Waals surface area contributed by atoms with Gasteiger partial charge in [0, 0.05) is 37.4 Å². The van der Waals surface area contributed by atoms with E-state index in [0.29, 0.717) is 5.75 Å². The number of hydrogen-bond acceptors (Lipinski definition) is 3. The SMILES string of the molecule is Cc1ccc(N2CCN(C(c3ccccc3C)c3ccccc3O)CC2)cc1. The van der Waals surface area contributed by atoms with Crippen LogP contribution < -0.4 is 4.90 Å². The van der Waals surface area contributed by atoms with Gasteiger partial charge in [-0.1, -0.05) is 60.2 Å². The standard InChI is InChI=1S/C25H28N2O/c1-19-11-13-21(14-12-19)26-15-17-27(18-16-26)25(22-8-4-3-7-20(22)2)23-9-5-6-10-24(23)28/h3-14,25,28H,15-18H2,1-2H3. The quantitative estimate of drug-likeness (QED) is 0.704. The van der Waals surface area contributed by atoms with E-state index in [4.69, 9.17) is 0 Å². The van der Waals surface area contributed by atoms with Gasteiger partial charge >= 0.3 is 0 Å². The summed E-state index contributed by atoms with van der Waals surface area (Å²) in [5.74, 6) is 0.372. The van der Waals surface area contributed by atoms with E-state index in [2.05, 4.69) is 78.2 Å². The fraction of sp³-hybridized carbons (Fsp3) is 0.280. The van der Waals surface area contributed by atoms with Crippen molar-refractivity contribution in [2.24, 2.45) is 0 Å². The van der Waals surface area contributed by atoms with Gasteiger partial charge in [0.1, 0.15) is 5.75 Å². The topological polar surface area (TPSA) is 26.7 Å². The zero-order chi connectivity index (χ0) is 19.5. The molecule has 1 atom stereocenters. The van der Waals surface area contributed by atoms with E-state index >= 15 is 0 Å². The molecule has 0 radical (unpaired) electrons. The first kappa shape index (κ1) is 18.6. The van der Waals surface area contributed by atoms with Crippen molar-refractivity contribution in [2.45, 2.75) is 19.9 Å². The van der Waals surface area contributed by atoms with Gasteiger partial charge in [-0.3, -0.25) is 4.90 Å². The molecule has 3 aromatic carbocycles. The number of phenolic OH excluding ortho intramolecular Hbond substituents is 1. The predicted octanol–water partition coefficient (Wildman–Crippen LogP) is 4.92. The number of rotatable bonds is 4. The molecule has 3 nitrogen and oxygen atoms in total. The van der Waals surface area contributed by atoms with E-state index in [1.54, 1.807) is 6.07 Å². The Labute approximate surface area is 167 Å². The van der Waals surface area contributed by atoms with E-state index < -0.39 is 0 Å². The van der Waals surface area contributed by atoms with Crippen LogP contribution in [-0.4, -0.2) is 36.2 Å². The van der Waals surface area contributed by atoms with Gasteiger partial charge in [-0.25, -0.2) is 0 Å². The molecular weight excluding hydrogens is 344 g/mol. The molecule has 144 valence electrons. The van der Waals surface area contributed by atoms with Crippen LogP contribution >= 0.6 is 0 Å². The summed E-state index contributed by atoms with van der Waals surface area (Å²) in [5, 5.41) is 10.6. The number of nitrogens with zero attached hydrogens (tertiary/aromatic N) is 2. The minimum absolute atomic E-state index is 0.0718. The number of para-hydroxylation sites is 1. The summed E-state index contributed by atoms with van der Waals surface area (Å²) in [6, 6.07) is 25.1. The number of anilines is 1. The predicted molar refractivity (Wildman–Crippen MR) is 116 cm³/mol. The fourth-order valence-electron chi connectivity index (χ4n) is 4.17. The lowest BCUT2D eigenvalue weighted by molar-refractivity contribution is 0.209. The second-order valence-electron chi connectivity index (χ2n) is 7.68. The van der Waals surface area contributed by atoms with E-state index in [1.807, 2.05) is 12.1 Å². The Hall–Kier alpha value is -2.78. The molecule has 1 fully saturated rings. The van der Waals surface area contributed by atoms with Gasteiger partial charge in [0.15, 0.2) is 0 Å². The number of phenols is 1. The van der Waals surface area contributed by atoms with Crippen molar-refractivity contribution in [1.29, 1.82) is 0 Å². The van der Waals surface area contributed by atoms with Gasteiger partial charge < -0.3 is 10.0 Å². The molecule has 28 heavy (non-hydrogen) atoms. The molecule has 1 aliphatic heterocycles. The van der Waals surface area contributed by atoms with E-state index in [-0.39, 0.29) is 6.04 Å². The normalized spacial score (nSPS) is 16.1. The number of piperazine rings is 1. The first-order valence-corrected chi connectivity index (χ1v) is 10.0. The van der Waals surface area contributed by atoms with Crippen LogP contribution in [0.3, 0.4) is 0 Å². The summed E-state index contributed by atoms with van der Waals surface area (Å²) in [4.78, 5) is 4.96. The van der Waals surface area contributed by atoms with Crippen LogP contribution in [-0.2, 0) is 0 Å². The summed E-state index contributed by atoms with van der Waals surface area (Å²) < 4.78 is 0. The lowest BCUT2D eigenvalue weighted by Crippen LogP contribution is -2.48. The fourth-order valence-corrected chi connectivity index (χ4v) is 4.17. The lowest BCUT2D eigenvalue weighted by Gasteiger charge is -2.41. The van der Waals surface area contributed by atoms with E-state index in [9.17, 15) is 5.11 Å². The van der Waals surface area contributed by atoms with Crippen LogP contribution in [0.5, 0.6) is 5.75 Å². The second-order valence-corrected chi connectivity index (χ2v) is 7.68. The Morgan fingerprint density at radius 3 is 1.96 bits per heavy atom. The average Bonchev–Trinajstić information content (AvgIpc) is 2.72. The lowest BCUT2D eigenvalue weighted by atomic mass is 9.92. The molecule has 0 saturated carbocycles. The highest BCUT2D eigenvalue weighted by molar-refractivity contribution is 5.48. The first-order chi connectivity index (χ1) is 13.6. The van der Waals surface area contributed by atoms with Gasteiger partial charge in [0.25, 0.3) is 0 Å². The molecule has 0 bridgehead atoms. The Morgan fingerprint density at radius 2 is 1.32 bits per heavy atom. The molecule has 1 heterocycles. The van der Waals surface area contributed by atoms with Gasteiger partial charge in [0.2, 0.25) is 0 Å². The largest absolute Gasteiger partial charge is 0.508 e. The molecule has 1 unspecified atom stereocenters. The van der Waals surface area contributed by atoms with Crippen molar-refractivity contribution in [1.82, 2.24) is 4.90 Å². The Balaban J connectivity index is 1.61. The van der Waals surface area contributed by atoms with Crippen LogP contribution in [0.1, 0.15) is 28.3 Å². The van der Waals surface area contributed by atoms with Crippen LogP contribution in [0.25, 0.3) is 0 Å². The Kier molecular flexibility index (Phi) is 5.36. The minimum Gasteiger partial charge on any atom is -0.508 e. The van der Waals surface area contributed by atoms with Crippen molar-refractivity contribution < 1.29 is 5.11 Å². The number of benzene rings is 3. The van der Waals surface area contributed by atoms with Gasteiger partial charge in [-0.2, -0.15) is 0 Å². The average molecular weight is 373 g/mol. The van der Waals surface area contributed by atoms with Crippen molar-refractivity contribution in [2.75, 3.05) is 31.1 Å². The zero-order valence-corrected chi connectivity index (χ0v) is 16.7. The van der Waals surface area contributed by atoms with Crippen LogP contribution in [0, 0.1) is 13.8 Å². The highest BCUT2D eigenvalue weighted by atomic mass is 16.3. The molecule has 0 spiro atoms. The third-order valence-electron chi connectivity index (χ3n) is 5.79. The van der Waals surface area contributed by atoms with E-state index in [0.717, 1.165) is 31.7 Å². The number of aryl methyl sites for hydroxylation is 2. The molecule has 3 aromatic rings. The van der Waals surface area contributed by atoms with Crippen molar-refractivity contribution in [3.05, 3.63) is 95.1 Å². The summed E-state index contributed by atoms with van der Waals surface area (Å²) in [6.45, 7) is 8.17. The summed E-state index contributed by atoms with van der Waals surface area (Å²) in [5.41, 5.74) is 6.10. The highest BCUT2D eigenvalue weighted by Gasteiger charge is 2.29. The maximum absolute atomic E-state index is 10.6. The molecular formula is C25H28N2O. The van der Waals surface area contributed by atoms with Crippen LogP contribution in [0.15, 0.2) is 72.8 Å². The molecule has 4 rings (SSSR count). The second kappa shape index (κ2) is 8.07. The molecule has 1 saturated heterocycles. The van der Waals surface area contributed by atoms with Crippen molar-refractivity contribution >= 4 is 5.69 Å². The maximum Gasteiger partial charge on any atom is 0.120 e. The zero-order valence-electron chi connectivity index (χ0n) is 16.7. The van der Waals surface area contributed by atoms with Gasteiger partial charge in [0.05, 0.1) is 6.04 Å². The van der Waals surface area contributed by atoms with Gasteiger partial charge in [-0.05, 0) is 43.2 Å². The van der Waals surface area contributed by atoms with Crippen molar-refractivity contribution in [3.63, 3.8) is 0 Å². The minimum atomic E-state index is 0.0718. The molecule has 3 heteroatoms. The third-order valence-corrected chi connectivity index (χ3v) is 5.79. The maximum atomic E-state index is 10.6. The smallest absolute Gasteiger partial charge is 0.120 e. The van der Waals surface area contributed by atoms with Crippen LogP contribution in [0.4, 0.5) is 5.69 Å². The first-order valence-electron chi connectivity index (χ1n) is 10.0. The highest BCUT2D eigenvalue weighted by Crippen LogP contribution is 2.36. The summed E-state index contributed by atoms with van der Waals surface area (Å²) in [6.07, 6.45) is 0. The molecule has 1 N–H and O–H groups in total. The third kappa shape index (κ3) is 3.76. The molecule has 0 aliphatic carbocycles. The summed E-state index contributed by atoms with van der Waals surface area (Å²) in [7, 11) is 0. The monoisotopic (exact) mass is 372 g/mol. The molecule has 0 aromatic heterocycles. The van der Waals surface area contributed by atoms with Crippen LogP contribution in [0.2, 0.25) is 0 Å². The number of aromatic hydroxyl groups is 1. The number of hydrogen-bond donors (Lipinski definition) is 1. The Bertz CT molecular complexity index is 882. The molecule has 1 aliphatic rings. The van der Waals surface area contributed by atoms with Crippen molar-refractivity contribution in [3.8, 4) is 5.75 Å². The molecule has 0 amide bonds. The van der Waals surface area contributed by atoms with E-state index in [1.165, 1.54) is 22.4 Å². The van der Waals surface area contributed by atoms with Gasteiger partial charge in [-0.15, -0.1) is 0 Å².